The Labute approximate surface area is 119 Å². The normalized spacial score (nSPS) is 23.1. The predicted molar refractivity (Wildman–Crippen MR) is 77.2 cm³/mol. The zero-order valence-corrected chi connectivity index (χ0v) is 12.4. The summed E-state index contributed by atoms with van der Waals surface area (Å²) in [6.45, 7) is 6.40. The Morgan fingerprint density at radius 3 is 2.10 bits per heavy atom. The second-order valence-corrected chi connectivity index (χ2v) is 6.23. The third-order valence-electron chi connectivity index (χ3n) is 3.84. The average Bonchev–Trinajstić information content (AvgIpc) is 2.63. The number of carbonyl (C=O) groups is 2. The van der Waals surface area contributed by atoms with Crippen molar-refractivity contribution in [2.45, 2.75) is 31.7 Å². The minimum absolute atomic E-state index is 0.0358. The van der Waals surface area contributed by atoms with Crippen LogP contribution in [0.4, 0.5) is 4.79 Å². The molecule has 0 radical (unpaired) electrons. The molecular formula is C15H21N3O2. The van der Waals surface area contributed by atoms with Crippen LogP contribution in [0.25, 0.3) is 0 Å². The summed E-state index contributed by atoms with van der Waals surface area (Å²) >= 11 is 0. The second-order valence-electron chi connectivity index (χ2n) is 6.23. The van der Waals surface area contributed by atoms with Crippen molar-refractivity contribution >= 4 is 11.9 Å². The molecule has 0 spiro atoms. The van der Waals surface area contributed by atoms with Gasteiger partial charge < -0.3 is 11.1 Å². The lowest BCUT2D eigenvalue weighted by atomic mass is 9.83. The van der Waals surface area contributed by atoms with Crippen LogP contribution in [0.5, 0.6) is 0 Å². The zero-order chi connectivity index (χ0) is 15.1. The Kier molecular flexibility index (Phi) is 3.34. The number of nitrogens with zero attached hydrogens (tertiary/aromatic N) is 1. The highest BCUT2D eigenvalue weighted by atomic mass is 16.2. The first kappa shape index (κ1) is 14.5. The van der Waals surface area contributed by atoms with E-state index in [1.165, 1.54) is 12.6 Å². The minimum Gasteiger partial charge on any atom is -0.327 e. The van der Waals surface area contributed by atoms with Gasteiger partial charge in [-0.3, -0.25) is 9.69 Å². The monoisotopic (exact) mass is 275 g/mol. The van der Waals surface area contributed by atoms with Gasteiger partial charge in [0, 0.05) is 13.6 Å². The highest BCUT2D eigenvalue weighted by Crippen LogP contribution is 2.30. The number of hydrogen-bond acceptors (Lipinski definition) is 3. The minimum atomic E-state index is -1.14. The molecule has 0 bridgehead atoms. The second kappa shape index (κ2) is 4.59. The van der Waals surface area contributed by atoms with E-state index >= 15 is 0 Å². The number of benzene rings is 1. The van der Waals surface area contributed by atoms with Crippen LogP contribution >= 0.6 is 0 Å². The maximum atomic E-state index is 12.3. The molecule has 0 aromatic heterocycles. The molecule has 5 heteroatoms. The zero-order valence-electron chi connectivity index (χ0n) is 12.4. The Bertz CT molecular complexity index is 545. The average molecular weight is 275 g/mol. The van der Waals surface area contributed by atoms with E-state index in [1.807, 2.05) is 24.3 Å². The summed E-state index contributed by atoms with van der Waals surface area (Å²) in [7, 11) is 1.46. The molecule has 1 saturated heterocycles. The summed E-state index contributed by atoms with van der Waals surface area (Å²) in [5.41, 5.74) is 6.56. The van der Waals surface area contributed by atoms with Crippen molar-refractivity contribution in [3.8, 4) is 0 Å². The van der Waals surface area contributed by atoms with E-state index in [4.69, 9.17) is 5.73 Å². The lowest BCUT2D eigenvalue weighted by molar-refractivity contribution is -0.130. The maximum absolute atomic E-state index is 12.3. The molecule has 20 heavy (non-hydrogen) atoms. The molecule has 3 N–H and O–H groups in total. The first-order valence-corrected chi connectivity index (χ1v) is 6.64. The van der Waals surface area contributed by atoms with E-state index in [9.17, 15) is 9.59 Å². The van der Waals surface area contributed by atoms with Crippen molar-refractivity contribution in [2.24, 2.45) is 5.73 Å². The number of likely N-dealkylation sites (N-methyl/N-ethyl adjacent to an activating group) is 1. The van der Waals surface area contributed by atoms with Gasteiger partial charge in [0.25, 0.3) is 5.91 Å². The number of rotatable bonds is 2. The fourth-order valence-corrected chi connectivity index (χ4v) is 2.40. The van der Waals surface area contributed by atoms with Crippen molar-refractivity contribution in [2.75, 3.05) is 13.6 Å². The van der Waals surface area contributed by atoms with Gasteiger partial charge in [0.1, 0.15) is 0 Å². The van der Waals surface area contributed by atoms with Gasteiger partial charge in [0.05, 0.1) is 0 Å². The summed E-state index contributed by atoms with van der Waals surface area (Å²) in [4.78, 5) is 25.1. The summed E-state index contributed by atoms with van der Waals surface area (Å²) in [5, 5.41) is 2.70. The molecule has 0 saturated carbocycles. The molecule has 2 rings (SSSR count). The van der Waals surface area contributed by atoms with E-state index in [0.717, 1.165) is 10.5 Å². The Morgan fingerprint density at radius 1 is 1.20 bits per heavy atom. The lowest BCUT2D eigenvalue weighted by Gasteiger charge is -2.26. The highest BCUT2D eigenvalue weighted by Gasteiger charge is 2.50. The molecule has 1 aromatic carbocycles. The fourth-order valence-electron chi connectivity index (χ4n) is 2.40. The summed E-state index contributed by atoms with van der Waals surface area (Å²) < 4.78 is 0. The molecule has 5 nitrogen and oxygen atoms in total. The predicted octanol–water partition coefficient (Wildman–Crippen LogP) is 1.32. The van der Waals surface area contributed by atoms with Gasteiger partial charge in [-0.1, -0.05) is 45.0 Å². The number of nitrogens with one attached hydrogen (secondary N) is 1. The molecule has 1 unspecified atom stereocenters. The molecular weight excluding hydrogens is 254 g/mol. The molecule has 1 heterocycles. The smallest absolute Gasteiger partial charge is 0.325 e. The van der Waals surface area contributed by atoms with Crippen molar-refractivity contribution in [3.63, 3.8) is 0 Å². The number of imide groups is 1. The van der Waals surface area contributed by atoms with Crippen LogP contribution < -0.4 is 11.1 Å². The van der Waals surface area contributed by atoms with Gasteiger partial charge in [-0.15, -0.1) is 0 Å². The number of urea groups is 1. The van der Waals surface area contributed by atoms with E-state index in [1.54, 1.807) is 0 Å². The number of carbonyl (C=O) groups excluding carboxylic acids is 2. The SMILES string of the molecule is CN1C(=O)NC(CN)(c2ccc(C(C)(C)C)cc2)C1=O. The molecule has 1 aliphatic heterocycles. The van der Waals surface area contributed by atoms with Crippen LogP contribution in [-0.2, 0) is 15.7 Å². The quantitative estimate of drug-likeness (QED) is 0.799. The number of amides is 3. The standard InChI is InChI=1S/C15H21N3O2/c1-14(2,3)10-5-7-11(8-6-10)15(9-16)12(19)18(4)13(20)17-15/h5-8H,9,16H2,1-4H3,(H,17,20). The third kappa shape index (κ3) is 2.08. The van der Waals surface area contributed by atoms with Crippen LogP contribution in [-0.4, -0.2) is 30.4 Å². The number of nitrogens with two attached hydrogens (primary N) is 1. The summed E-state index contributed by atoms with van der Waals surface area (Å²) in [5.74, 6) is -0.312. The Balaban J connectivity index is 2.44. The summed E-state index contributed by atoms with van der Waals surface area (Å²) in [6, 6.07) is 7.27. The largest absolute Gasteiger partial charge is 0.327 e. The van der Waals surface area contributed by atoms with Crippen LogP contribution in [0.3, 0.4) is 0 Å². The van der Waals surface area contributed by atoms with Gasteiger partial charge in [-0.25, -0.2) is 4.79 Å². The molecule has 0 aliphatic carbocycles. The lowest BCUT2D eigenvalue weighted by Crippen LogP contribution is -2.50. The first-order chi connectivity index (χ1) is 9.22. The third-order valence-corrected chi connectivity index (χ3v) is 3.84. The van der Waals surface area contributed by atoms with Gasteiger partial charge in [0.15, 0.2) is 5.54 Å². The Hall–Kier alpha value is -1.88. The molecule has 1 aromatic rings. The topological polar surface area (TPSA) is 75.4 Å². The van der Waals surface area contributed by atoms with E-state index in [2.05, 4.69) is 26.1 Å². The number of hydrogen-bond donors (Lipinski definition) is 2. The van der Waals surface area contributed by atoms with E-state index in [0.29, 0.717) is 0 Å². The van der Waals surface area contributed by atoms with Crippen molar-refractivity contribution < 1.29 is 9.59 Å². The van der Waals surface area contributed by atoms with E-state index < -0.39 is 11.6 Å². The summed E-state index contributed by atoms with van der Waals surface area (Å²) in [6.07, 6.45) is 0. The molecule has 1 atom stereocenters. The van der Waals surface area contributed by atoms with E-state index in [-0.39, 0.29) is 17.9 Å². The molecule has 1 aliphatic rings. The van der Waals surface area contributed by atoms with Crippen LogP contribution in [0.1, 0.15) is 31.9 Å². The van der Waals surface area contributed by atoms with Gasteiger partial charge in [-0.05, 0) is 16.5 Å². The van der Waals surface area contributed by atoms with Crippen LogP contribution in [0.15, 0.2) is 24.3 Å². The maximum Gasteiger partial charge on any atom is 0.325 e. The van der Waals surface area contributed by atoms with Crippen molar-refractivity contribution in [1.82, 2.24) is 10.2 Å². The first-order valence-electron chi connectivity index (χ1n) is 6.64. The van der Waals surface area contributed by atoms with Gasteiger partial charge in [-0.2, -0.15) is 0 Å². The van der Waals surface area contributed by atoms with Gasteiger partial charge in [0.2, 0.25) is 0 Å². The molecule has 108 valence electrons. The van der Waals surface area contributed by atoms with Gasteiger partial charge >= 0.3 is 6.03 Å². The Morgan fingerprint density at radius 2 is 1.75 bits per heavy atom. The van der Waals surface area contributed by atoms with Crippen LogP contribution in [0.2, 0.25) is 0 Å². The highest BCUT2D eigenvalue weighted by molar-refractivity contribution is 6.07. The fraction of sp³-hybridized carbons (Fsp3) is 0.467. The van der Waals surface area contributed by atoms with Crippen LogP contribution in [0, 0.1) is 0 Å². The van der Waals surface area contributed by atoms with Crippen molar-refractivity contribution in [3.05, 3.63) is 35.4 Å². The molecule has 1 fully saturated rings. The molecule has 3 amide bonds. The van der Waals surface area contributed by atoms with Crippen molar-refractivity contribution in [1.29, 1.82) is 0 Å².